The summed E-state index contributed by atoms with van der Waals surface area (Å²) in [6, 6.07) is 17.8. The minimum atomic E-state index is -3.94. The minimum absolute atomic E-state index is 0.0264. The monoisotopic (exact) mass is 478 g/mol. The van der Waals surface area contributed by atoms with E-state index in [1.165, 1.54) is 43.5 Å². The molecule has 1 heterocycles. The van der Waals surface area contributed by atoms with Crippen molar-refractivity contribution in [2.45, 2.75) is 18.7 Å². The van der Waals surface area contributed by atoms with Crippen LogP contribution >= 0.6 is 0 Å². The summed E-state index contributed by atoms with van der Waals surface area (Å²) in [4.78, 5) is 12.9. The Labute approximate surface area is 196 Å². The second-order valence-corrected chi connectivity index (χ2v) is 9.19. The lowest BCUT2D eigenvalue weighted by atomic mass is 10.1. The molecule has 3 aromatic carbocycles. The van der Waals surface area contributed by atoms with Gasteiger partial charge in [-0.1, -0.05) is 34.9 Å². The Morgan fingerprint density at radius 3 is 2.41 bits per heavy atom. The molecule has 9 nitrogen and oxygen atoms in total. The summed E-state index contributed by atoms with van der Waals surface area (Å²) < 4.78 is 38.8. The number of para-hydroxylation sites is 1. The van der Waals surface area contributed by atoms with Crippen LogP contribution in [0.25, 0.3) is 11.5 Å². The number of ether oxygens (including phenoxy) is 1. The third-order valence-corrected chi connectivity index (χ3v) is 6.42. The van der Waals surface area contributed by atoms with Gasteiger partial charge < -0.3 is 9.15 Å². The lowest BCUT2D eigenvalue weighted by Crippen LogP contribution is -2.18. The summed E-state index contributed by atoms with van der Waals surface area (Å²) in [5.74, 6) is 0.184. The highest BCUT2D eigenvalue weighted by molar-refractivity contribution is 7.92. The predicted molar refractivity (Wildman–Crippen MR) is 127 cm³/mol. The number of anilines is 2. The number of aromatic nitrogens is 2. The van der Waals surface area contributed by atoms with E-state index in [1.807, 2.05) is 32.0 Å². The Morgan fingerprint density at radius 2 is 1.71 bits per heavy atom. The maximum atomic E-state index is 12.9. The van der Waals surface area contributed by atoms with Gasteiger partial charge in [0.25, 0.3) is 15.9 Å². The van der Waals surface area contributed by atoms with E-state index in [-0.39, 0.29) is 28.1 Å². The SMILES string of the molecule is COc1ccc(S(=O)(=O)Nc2ccccc2C(=O)Nc2nnc(-c3ccc(C)cc3C)o2)cc1. The van der Waals surface area contributed by atoms with Crippen LogP contribution in [0, 0.1) is 13.8 Å². The Hall–Kier alpha value is -4.18. The van der Waals surface area contributed by atoms with Crippen LogP contribution in [0.2, 0.25) is 0 Å². The first-order chi connectivity index (χ1) is 16.3. The van der Waals surface area contributed by atoms with Crippen LogP contribution < -0.4 is 14.8 Å². The molecule has 4 rings (SSSR count). The highest BCUT2D eigenvalue weighted by Gasteiger charge is 2.20. The molecule has 2 N–H and O–H groups in total. The van der Waals surface area contributed by atoms with Crippen LogP contribution in [-0.4, -0.2) is 31.6 Å². The first kappa shape index (κ1) is 23.0. The van der Waals surface area contributed by atoms with E-state index >= 15 is 0 Å². The molecule has 0 aliphatic rings. The van der Waals surface area contributed by atoms with E-state index in [0.29, 0.717) is 5.75 Å². The maximum Gasteiger partial charge on any atom is 0.322 e. The first-order valence-corrected chi connectivity index (χ1v) is 11.7. The number of hydrogen-bond donors (Lipinski definition) is 2. The highest BCUT2D eigenvalue weighted by atomic mass is 32.2. The van der Waals surface area contributed by atoms with Crippen molar-refractivity contribution < 1.29 is 22.4 Å². The van der Waals surface area contributed by atoms with E-state index in [2.05, 4.69) is 20.2 Å². The standard InChI is InChI=1S/C24H22N4O5S/c1-15-8-13-19(16(2)14-15)23-26-27-24(33-23)25-22(29)20-6-4-5-7-21(20)28-34(30,31)18-11-9-17(32-3)10-12-18/h4-14,28H,1-3H3,(H,25,27,29). The normalized spacial score (nSPS) is 11.1. The number of hydrogen-bond acceptors (Lipinski definition) is 7. The van der Waals surface area contributed by atoms with Gasteiger partial charge in [-0.25, -0.2) is 8.42 Å². The van der Waals surface area contributed by atoms with E-state index in [1.54, 1.807) is 12.1 Å². The Balaban J connectivity index is 1.54. The molecule has 10 heteroatoms. The van der Waals surface area contributed by atoms with Gasteiger partial charge in [-0.15, -0.1) is 5.10 Å². The van der Waals surface area contributed by atoms with E-state index in [0.717, 1.165) is 16.7 Å². The van der Waals surface area contributed by atoms with Crippen LogP contribution in [0.3, 0.4) is 0 Å². The Morgan fingerprint density at radius 1 is 0.971 bits per heavy atom. The molecule has 0 spiro atoms. The van der Waals surface area contributed by atoms with Gasteiger partial charge in [-0.2, -0.15) is 0 Å². The molecule has 1 aromatic heterocycles. The molecule has 0 saturated carbocycles. The third kappa shape index (κ3) is 4.91. The van der Waals surface area contributed by atoms with Crippen molar-refractivity contribution in [2.75, 3.05) is 17.1 Å². The average Bonchev–Trinajstić information content (AvgIpc) is 3.27. The van der Waals surface area contributed by atoms with Crippen molar-refractivity contribution in [2.24, 2.45) is 0 Å². The number of amides is 1. The van der Waals surface area contributed by atoms with Crippen LogP contribution in [-0.2, 0) is 10.0 Å². The summed E-state index contributed by atoms with van der Waals surface area (Å²) >= 11 is 0. The van der Waals surface area contributed by atoms with Gasteiger partial charge in [0, 0.05) is 5.56 Å². The number of rotatable bonds is 7. The van der Waals surface area contributed by atoms with Crippen molar-refractivity contribution in [3.8, 4) is 17.2 Å². The summed E-state index contributed by atoms with van der Waals surface area (Å²) in [6.45, 7) is 3.91. The zero-order chi connectivity index (χ0) is 24.3. The smallest absolute Gasteiger partial charge is 0.322 e. The number of aryl methyl sites for hydroxylation is 2. The zero-order valence-corrected chi connectivity index (χ0v) is 19.5. The minimum Gasteiger partial charge on any atom is -0.497 e. The van der Waals surface area contributed by atoms with Crippen LogP contribution in [0.15, 0.2) is 76.0 Å². The number of nitrogens with one attached hydrogen (secondary N) is 2. The van der Waals surface area contributed by atoms with Gasteiger partial charge in [0.2, 0.25) is 5.89 Å². The topological polar surface area (TPSA) is 123 Å². The van der Waals surface area contributed by atoms with Gasteiger partial charge in [-0.3, -0.25) is 14.8 Å². The fourth-order valence-electron chi connectivity index (χ4n) is 3.33. The van der Waals surface area contributed by atoms with Gasteiger partial charge in [0.1, 0.15) is 5.75 Å². The summed E-state index contributed by atoms with van der Waals surface area (Å²) in [6.07, 6.45) is 0. The molecular weight excluding hydrogens is 456 g/mol. The van der Waals surface area contributed by atoms with Crippen LogP contribution in [0.4, 0.5) is 11.7 Å². The molecule has 0 atom stereocenters. The van der Waals surface area contributed by atoms with Crippen molar-refractivity contribution in [1.29, 1.82) is 0 Å². The number of benzene rings is 3. The molecule has 0 aliphatic carbocycles. The molecule has 0 unspecified atom stereocenters. The molecule has 0 radical (unpaired) electrons. The number of sulfonamides is 1. The lowest BCUT2D eigenvalue weighted by molar-refractivity contribution is 0.102. The predicted octanol–water partition coefficient (Wildman–Crippen LogP) is 4.42. The van der Waals surface area contributed by atoms with Crippen molar-refractivity contribution in [3.05, 3.63) is 83.4 Å². The first-order valence-electron chi connectivity index (χ1n) is 10.3. The molecule has 0 saturated heterocycles. The van der Waals surface area contributed by atoms with Crippen molar-refractivity contribution in [1.82, 2.24) is 10.2 Å². The molecule has 0 aliphatic heterocycles. The zero-order valence-electron chi connectivity index (χ0n) is 18.7. The average molecular weight is 479 g/mol. The molecule has 34 heavy (non-hydrogen) atoms. The van der Waals surface area contributed by atoms with E-state index < -0.39 is 15.9 Å². The maximum absolute atomic E-state index is 12.9. The van der Waals surface area contributed by atoms with Crippen molar-refractivity contribution >= 4 is 27.6 Å². The second-order valence-electron chi connectivity index (χ2n) is 7.51. The second kappa shape index (κ2) is 9.36. The van der Waals surface area contributed by atoms with Gasteiger partial charge >= 0.3 is 6.01 Å². The molecule has 0 fully saturated rings. The number of methoxy groups -OCH3 is 1. The fraction of sp³-hybridized carbons (Fsp3) is 0.125. The Bertz CT molecular complexity index is 1450. The van der Waals surface area contributed by atoms with Gasteiger partial charge in [-0.05, 0) is 61.9 Å². The Kier molecular flexibility index (Phi) is 6.33. The van der Waals surface area contributed by atoms with Gasteiger partial charge in [0.05, 0.1) is 23.3 Å². The van der Waals surface area contributed by atoms with Crippen LogP contribution in [0.5, 0.6) is 5.75 Å². The van der Waals surface area contributed by atoms with Crippen LogP contribution in [0.1, 0.15) is 21.5 Å². The molecular formula is C24H22N4O5S. The largest absolute Gasteiger partial charge is 0.497 e. The summed E-state index contributed by atoms with van der Waals surface area (Å²) in [5, 5.41) is 10.4. The van der Waals surface area contributed by atoms with Crippen molar-refractivity contribution in [3.63, 3.8) is 0 Å². The number of carbonyl (C=O) groups is 1. The lowest BCUT2D eigenvalue weighted by Gasteiger charge is -2.12. The number of carbonyl (C=O) groups excluding carboxylic acids is 1. The summed E-state index contributed by atoms with van der Waals surface area (Å²) in [5.41, 5.74) is 3.00. The summed E-state index contributed by atoms with van der Waals surface area (Å²) in [7, 11) is -2.45. The van der Waals surface area contributed by atoms with E-state index in [9.17, 15) is 13.2 Å². The molecule has 4 aromatic rings. The third-order valence-electron chi connectivity index (χ3n) is 5.04. The molecule has 1 amide bonds. The van der Waals surface area contributed by atoms with Gasteiger partial charge in [0.15, 0.2) is 0 Å². The van der Waals surface area contributed by atoms with E-state index in [4.69, 9.17) is 9.15 Å². The molecule has 174 valence electrons. The fourth-order valence-corrected chi connectivity index (χ4v) is 4.41. The quantitative estimate of drug-likeness (QED) is 0.403. The molecule has 0 bridgehead atoms. The number of nitrogens with zero attached hydrogens (tertiary/aromatic N) is 2. The highest BCUT2D eigenvalue weighted by Crippen LogP contribution is 2.26.